The first-order valence-corrected chi connectivity index (χ1v) is 4.63. The number of carbonyl (C=O) groups excluding carboxylic acids is 1. The highest BCUT2D eigenvalue weighted by atomic mass is 16.3. The highest BCUT2D eigenvalue weighted by Gasteiger charge is 2.07. The van der Waals surface area contributed by atoms with Gasteiger partial charge in [-0.2, -0.15) is 0 Å². The Morgan fingerprint density at radius 3 is 3.13 bits per heavy atom. The van der Waals surface area contributed by atoms with Gasteiger partial charge in [-0.25, -0.2) is 0 Å². The second-order valence-electron chi connectivity index (χ2n) is 3.23. The number of rotatable bonds is 5. The Bertz CT molecular complexity index is 338. The van der Waals surface area contributed by atoms with Gasteiger partial charge in [-0.3, -0.25) is 9.69 Å². The van der Waals surface area contributed by atoms with Gasteiger partial charge in [0.25, 0.3) is 0 Å². The Balaban J connectivity index is 2.27. The van der Waals surface area contributed by atoms with Gasteiger partial charge in [0.05, 0.1) is 25.9 Å². The van der Waals surface area contributed by atoms with E-state index in [2.05, 4.69) is 11.2 Å². The quantitative estimate of drug-likeness (QED) is 0.712. The van der Waals surface area contributed by atoms with Crippen molar-refractivity contribution in [2.24, 2.45) is 0 Å². The van der Waals surface area contributed by atoms with E-state index in [-0.39, 0.29) is 12.5 Å². The predicted octanol–water partition coefficient (Wildman–Crippen LogP) is 0.461. The second-order valence-corrected chi connectivity index (χ2v) is 3.23. The van der Waals surface area contributed by atoms with E-state index in [1.54, 1.807) is 6.26 Å². The number of likely N-dealkylation sites (N-methyl/N-ethyl adjacent to an activating group) is 1. The summed E-state index contributed by atoms with van der Waals surface area (Å²) in [6.45, 7) is 1.19. The molecule has 0 aliphatic carbocycles. The van der Waals surface area contributed by atoms with Crippen molar-refractivity contribution in [2.45, 2.75) is 6.54 Å². The summed E-state index contributed by atoms with van der Waals surface area (Å²) in [4.78, 5) is 13.1. The fourth-order valence-electron chi connectivity index (χ4n) is 1.18. The molecule has 0 atom stereocenters. The smallest absolute Gasteiger partial charge is 0.234 e. The number of hydrogen-bond acceptors (Lipinski definition) is 3. The first-order valence-electron chi connectivity index (χ1n) is 4.63. The fourth-order valence-corrected chi connectivity index (χ4v) is 1.18. The Kier molecular flexibility index (Phi) is 4.45. The molecule has 0 saturated carbocycles. The lowest BCUT2D eigenvalue weighted by Gasteiger charge is -2.13. The van der Waals surface area contributed by atoms with E-state index in [0.29, 0.717) is 13.1 Å². The van der Waals surface area contributed by atoms with Crippen LogP contribution in [0, 0.1) is 12.3 Å². The van der Waals surface area contributed by atoms with Crippen molar-refractivity contribution in [3.8, 4) is 12.3 Å². The number of carbonyl (C=O) groups is 1. The predicted molar refractivity (Wildman–Crippen MR) is 56.9 cm³/mol. The van der Waals surface area contributed by atoms with E-state index in [1.165, 1.54) is 0 Å². The standard InChI is InChI=1S/C11H14N2O2/c1-3-6-12-11(14)9-13(2)8-10-5-4-7-15-10/h1,4-5,7H,6,8-9H2,2H3,(H,12,14). The molecule has 0 aliphatic rings. The molecule has 0 fully saturated rings. The molecule has 0 saturated heterocycles. The third-order valence-corrected chi connectivity index (χ3v) is 1.81. The van der Waals surface area contributed by atoms with Gasteiger partial charge >= 0.3 is 0 Å². The molecule has 1 amide bonds. The molecule has 1 heterocycles. The Labute approximate surface area is 89.3 Å². The Morgan fingerprint density at radius 1 is 1.73 bits per heavy atom. The van der Waals surface area contributed by atoms with E-state index in [9.17, 15) is 4.79 Å². The third kappa shape index (κ3) is 4.34. The highest BCUT2D eigenvalue weighted by Crippen LogP contribution is 2.02. The van der Waals surface area contributed by atoms with Crippen LogP contribution in [0.15, 0.2) is 22.8 Å². The maximum atomic E-state index is 11.3. The van der Waals surface area contributed by atoms with Crippen LogP contribution in [0.2, 0.25) is 0 Å². The average Bonchev–Trinajstić information content (AvgIpc) is 2.67. The molecule has 80 valence electrons. The first-order chi connectivity index (χ1) is 7.22. The van der Waals surface area contributed by atoms with Crippen molar-refractivity contribution in [2.75, 3.05) is 20.1 Å². The zero-order valence-electron chi connectivity index (χ0n) is 8.69. The largest absolute Gasteiger partial charge is 0.468 e. The topological polar surface area (TPSA) is 45.5 Å². The number of amides is 1. The molecule has 0 aromatic carbocycles. The van der Waals surface area contributed by atoms with E-state index in [4.69, 9.17) is 10.8 Å². The number of nitrogens with zero attached hydrogens (tertiary/aromatic N) is 1. The lowest BCUT2D eigenvalue weighted by atomic mass is 10.4. The Morgan fingerprint density at radius 2 is 2.53 bits per heavy atom. The summed E-state index contributed by atoms with van der Waals surface area (Å²) in [5.41, 5.74) is 0. The van der Waals surface area contributed by atoms with Gasteiger partial charge in [0.2, 0.25) is 5.91 Å². The molecule has 0 radical (unpaired) electrons. The summed E-state index contributed by atoms with van der Waals surface area (Å²) < 4.78 is 5.16. The molecule has 0 bridgehead atoms. The molecule has 0 spiro atoms. The van der Waals surface area contributed by atoms with Crippen LogP contribution in [0.25, 0.3) is 0 Å². The van der Waals surface area contributed by atoms with Crippen molar-refractivity contribution < 1.29 is 9.21 Å². The molecule has 1 aromatic rings. The van der Waals surface area contributed by atoms with Crippen LogP contribution < -0.4 is 5.32 Å². The monoisotopic (exact) mass is 206 g/mol. The normalized spacial score (nSPS) is 9.93. The zero-order chi connectivity index (χ0) is 11.1. The SMILES string of the molecule is C#CCNC(=O)CN(C)Cc1ccco1. The van der Waals surface area contributed by atoms with Gasteiger partial charge in [0.1, 0.15) is 5.76 Å². The van der Waals surface area contributed by atoms with Crippen molar-refractivity contribution in [1.29, 1.82) is 0 Å². The molecule has 15 heavy (non-hydrogen) atoms. The molecule has 1 aromatic heterocycles. The van der Waals surface area contributed by atoms with Crippen LogP contribution in [0.4, 0.5) is 0 Å². The minimum absolute atomic E-state index is 0.0815. The van der Waals surface area contributed by atoms with Gasteiger partial charge in [-0.15, -0.1) is 6.42 Å². The first kappa shape index (κ1) is 11.3. The molecule has 0 aliphatic heterocycles. The minimum Gasteiger partial charge on any atom is -0.468 e. The number of furan rings is 1. The van der Waals surface area contributed by atoms with Crippen LogP contribution in [0.5, 0.6) is 0 Å². The van der Waals surface area contributed by atoms with Gasteiger partial charge in [-0.1, -0.05) is 5.92 Å². The highest BCUT2D eigenvalue weighted by molar-refractivity contribution is 5.78. The Hall–Kier alpha value is -1.73. The third-order valence-electron chi connectivity index (χ3n) is 1.81. The summed E-state index contributed by atoms with van der Waals surface area (Å²) in [5, 5.41) is 2.60. The van der Waals surface area contributed by atoms with E-state index in [0.717, 1.165) is 5.76 Å². The lowest BCUT2D eigenvalue weighted by Crippen LogP contribution is -2.34. The summed E-state index contributed by atoms with van der Waals surface area (Å²) in [6, 6.07) is 3.69. The maximum absolute atomic E-state index is 11.3. The zero-order valence-corrected chi connectivity index (χ0v) is 8.69. The van der Waals surface area contributed by atoms with Gasteiger partial charge in [0.15, 0.2) is 0 Å². The minimum atomic E-state index is -0.0815. The average molecular weight is 206 g/mol. The molecule has 0 unspecified atom stereocenters. The van der Waals surface area contributed by atoms with Crippen LogP contribution in [0.3, 0.4) is 0 Å². The van der Waals surface area contributed by atoms with E-state index >= 15 is 0 Å². The number of nitrogens with one attached hydrogen (secondary N) is 1. The number of hydrogen-bond donors (Lipinski definition) is 1. The van der Waals surface area contributed by atoms with E-state index in [1.807, 2.05) is 24.1 Å². The molecule has 1 rings (SSSR count). The number of terminal acetylenes is 1. The summed E-state index contributed by atoms with van der Waals surface area (Å²) in [7, 11) is 1.85. The maximum Gasteiger partial charge on any atom is 0.234 e. The van der Waals surface area contributed by atoms with Crippen LogP contribution in [0.1, 0.15) is 5.76 Å². The molecule has 4 heteroatoms. The second kappa shape index (κ2) is 5.89. The summed E-state index contributed by atoms with van der Waals surface area (Å²) >= 11 is 0. The lowest BCUT2D eigenvalue weighted by molar-refractivity contribution is -0.121. The summed E-state index contributed by atoms with van der Waals surface area (Å²) in [5.74, 6) is 3.10. The van der Waals surface area contributed by atoms with Crippen molar-refractivity contribution >= 4 is 5.91 Å². The van der Waals surface area contributed by atoms with Gasteiger partial charge < -0.3 is 9.73 Å². The molecule has 1 N–H and O–H groups in total. The molecular weight excluding hydrogens is 192 g/mol. The molecular formula is C11H14N2O2. The summed E-state index contributed by atoms with van der Waals surface area (Å²) in [6.07, 6.45) is 6.64. The molecule has 4 nitrogen and oxygen atoms in total. The van der Waals surface area contributed by atoms with Crippen molar-refractivity contribution in [3.63, 3.8) is 0 Å². The van der Waals surface area contributed by atoms with Crippen LogP contribution >= 0.6 is 0 Å². The van der Waals surface area contributed by atoms with Gasteiger partial charge in [0, 0.05) is 0 Å². The van der Waals surface area contributed by atoms with Crippen molar-refractivity contribution in [1.82, 2.24) is 10.2 Å². The van der Waals surface area contributed by atoms with Crippen LogP contribution in [-0.4, -0.2) is 30.9 Å². The van der Waals surface area contributed by atoms with Crippen molar-refractivity contribution in [3.05, 3.63) is 24.2 Å². The van der Waals surface area contributed by atoms with E-state index < -0.39 is 0 Å². The van der Waals surface area contributed by atoms with Gasteiger partial charge in [-0.05, 0) is 19.2 Å². The fraction of sp³-hybridized carbons (Fsp3) is 0.364. The van der Waals surface area contributed by atoms with Crippen LogP contribution in [-0.2, 0) is 11.3 Å².